The molecule has 0 saturated carbocycles. The van der Waals surface area contributed by atoms with E-state index in [1.54, 1.807) is 11.4 Å². The Balaban J connectivity index is 1.74. The minimum Gasteiger partial charge on any atom is -0.378 e. The zero-order valence-electron chi connectivity index (χ0n) is 18.1. The normalized spacial score (nSPS) is 23.0. The first-order chi connectivity index (χ1) is 13.4. The molecule has 2 aliphatic heterocycles. The van der Waals surface area contributed by atoms with Gasteiger partial charge >= 0.3 is 0 Å². The molecule has 2 saturated heterocycles. The smallest absolute Gasteiger partial charge is 0.216 e. The first-order valence-electron chi connectivity index (χ1n) is 10.6. The average Bonchev–Trinajstić information content (AvgIpc) is 3.10. The van der Waals surface area contributed by atoms with Crippen LogP contribution in [0.4, 0.5) is 0 Å². The van der Waals surface area contributed by atoms with E-state index in [-0.39, 0.29) is 18.5 Å². The first-order valence-corrected chi connectivity index (χ1v) is 12.2. The predicted molar refractivity (Wildman–Crippen MR) is 114 cm³/mol. The SMILES string of the molecule is CCCN1CCC(CNC(=NC)N2CCN(S(=O)(=O)CCOC(C)C)CC2)C1. The lowest BCUT2D eigenvalue weighted by Gasteiger charge is -2.36. The molecular weight excluding hydrogens is 378 g/mol. The van der Waals surface area contributed by atoms with Gasteiger partial charge in [-0.3, -0.25) is 4.99 Å². The largest absolute Gasteiger partial charge is 0.378 e. The molecule has 2 aliphatic rings. The highest BCUT2D eigenvalue weighted by atomic mass is 32.2. The molecule has 0 aliphatic carbocycles. The van der Waals surface area contributed by atoms with Gasteiger partial charge in [-0.15, -0.1) is 0 Å². The number of guanidine groups is 1. The Morgan fingerprint density at radius 3 is 2.54 bits per heavy atom. The van der Waals surface area contributed by atoms with Crippen LogP contribution in [0, 0.1) is 5.92 Å². The van der Waals surface area contributed by atoms with Crippen molar-refractivity contribution < 1.29 is 13.2 Å². The average molecular weight is 418 g/mol. The Morgan fingerprint density at radius 1 is 1.21 bits per heavy atom. The zero-order chi connectivity index (χ0) is 20.6. The molecule has 2 heterocycles. The maximum absolute atomic E-state index is 12.5. The minimum absolute atomic E-state index is 0.0497. The molecule has 8 nitrogen and oxygen atoms in total. The summed E-state index contributed by atoms with van der Waals surface area (Å²) in [4.78, 5) is 9.11. The maximum Gasteiger partial charge on any atom is 0.216 e. The molecule has 0 aromatic heterocycles. The van der Waals surface area contributed by atoms with Crippen molar-refractivity contribution in [1.82, 2.24) is 19.4 Å². The van der Waals surface area contributed by atoms with Crippen LogP contribution in [-0.4, -0.2) is 106 Å². The molecule has 1 N–H and O–H groups in total. The number of rotatable bonds is 9. The summed E-state index contributed by atoms with van der Waals surface area (Å²) < 4.78 is 31.9. The Labute approximate surface area is 171 Å². The lowest BCUT2D eigenvalue weighted by atomic mass is 10.1. The minimum atomic E-state index is -3.26. The highest BCUT2D eigenvalue weighted by Crippen LogP contribution is 2.16. The number of nitrogens with zero attached hydrogens (tertiary/aromatic N) is 4. The van der Waals surface area contributed by atoms with E-state index in [4.69, 9.17) is 4.74 Å². The summed E-state index contributed by atoms with van der Waals surface area (Å²) in [5.41, 5.74) is 0. The van der Waals surface area contributed by atoms with E-state index in [0.29, 0.717) is 32.1 Å². The van der Waals surface area contributed by atoms with Crippen LogP contribution in [0.25, 0.3) is 0 Å². The number of sulfonamides is 1. The Hall–Kier alpha value is -0.900. The Bertz CT molecular complexity index is 588. The number of aliphatic imine (C=N–C) groups is 1. The van der Waals surface area contributed by atoms with Gasteiger partial charge in [0, 0.05) is 46.3 Å². The van der Waals surface area contributed by atoms with Crippen molar-refractivity contribution in [2.45, 2.75) is 39.7 Å². The van der Waals surface area contributed by atoms with Gasteiger partial charge in [0.2, 0.25) is 10.0 Å². The molecule has 0 amide bonds. The van der Waals surface area contributed by atoms with E-state index < -0.39 is 10.0 Å². The molecule has 0 aromatic carbocycles. The fourth-order valence-corrected chi connectivity index (χ4v) is 5.15. The van der Waals surface area contributed by atoms with Gasteiger partial charge in [0.05, 0.1) is 18.5 Å². The second-order valence-corrected chi connectivity index (χ2v) is 10.1. The van der Waals surface area contributed by atoms with Gasteiger partial charge < -0.3 is 19.9 Å². The standard InChI is InChI=1S/C19H39N5O3S/c1-5-7-22-8-6-18(16-22)15-21-19(20-4)23-9-11-24(12-10-23)28(25,26)14-13-27-17(2)3/h17-18H,5-16H2,1-4H3,(H,20,21). The molecule has 0 spiro atoms. The third-order valence-corrected chi connectivity index (χ3v) is 7.23. The summed E-state index contributed by atoms with van der Waals surface area (Å²) in [5, 5.41) is 3.51. The molecule has 2 rings (SSSR count). The molecule has 9 heteroatoms. The zero-order valence-corrected chi connectivity index (χ0v) is 18.9. The van der Waals surface area contributed by atoms with E-state index in [2.05, 4.69) is 27.0 Å². The topological polar surface area (TPSA) is 77.5 Å². The fourth-order valence-electron chi connectivity index (χ4n) is 3.86. The van der Waals surface area contributed by atoms with Crippen molar-refractivity contribution in [3.8, 4) is 0 Å². The third-order valence-electron chi connectivity index (χ3n) is 5.39. The van der Waals surface area contributed by atoms with Crippen molar-refractivity contribution >= 4 is 16.0 Å². The molecule has 28 heavy (non-hydrogen) atoms. The van der Waals surface area contributed by atoms with Crippen LogP contribution in [0.1, 0.15) is 33.6 Å². The van der Waals surface area contributed by atoms with E-state index in [0.717, 1.165) is 19.0 Å². The Kier molecular flexibility index (Phi) is 9.46. The number of hydrogen-bond acceptors (Lipinski definition) is 5. The van der Waals surface area contributed by atoms with Crippen molar-refractivity contribution in [2.24, 2.45) is 10.9 Å². The second kappa shape index (κ2) is 11.3. The van der Waals surface area contributed by atoms with Gasteiger partial charge in [-0.1, -0.05) is 6.92 Å². The summed E-state index contributed by atoms with van der Waals surface area (Å²) in [6.45, 7) is 13.1. The number of hydrogen-bond donors (Lipinski definition) is 1. The van der Waals surface area contributed by atoms with Crippen LogP contribution in [0.2, 0.25) is 0 Å². The van der Waals surface area contributed by atoms with Crippen LogP contribution < -0.4 is 5.32 Å². The summed E-state index contributed by atoms with van der Waals surface area (Å²) >= 11 is 0. The van der Waals surface area contributed by atoms with Gasteiger partial charge in [0.25, 0.3) is 0 Å². The van der Waals surface area contributed by atoms with E-state index in [9.17, 15) is 8.42 Å². The Morgan fingerprint density at radius 2 is 1.93 bits per heavy atom. The number of ether oxygens (including phenoxy) is 1. The van der Waals surface area contributed by atoms with Crippen LogP contribution in [0.15, 0.2) is 4.99 Å². The van der Waals surface area contributed by atoms with E-state index in [1.165, 1.54) is 25.9 Å². The van der Waals surface area contributed by atoms with Gasteiger partial charge in [0.15, 0.2) is 5.96 Å². The van der Waals surface area contributed by atoms with Crippen molar-refractivity contribution in [3.05, 3.63) is 0 Å². The number of nitrogens with one attached hydrogen (secondary N) is 1. The molecule has 1 atom stereocenters. The monoisotopic (exact) mass is 417 g/mol. The van der Waals surface area contributed by atoms with Crippen LogP contribution in [-0.2, 0) is 14.8 Å². The summed E-state index contributed by atoms with van der Waals surface area (Å²) in [5.74, 6) is 1.59. The first kappa shape index (κ1) is 23.4. The van der Waals surface area contributed by atoms with Gasteiger partial charge in [-0.25, -0.2) is 8.42 Å². The van der Waals surface area contributed by atoms with Crippen LogP contribution in [0.3, 0.4) is 0 Å². The summed E-state index contributed by atoms with van der Waals surface area (Å²) in [6.07, 6.45) is 2.49. The van der Waals surface area contributed by atoms with Gasteiger partial charge in [-0.2, -0.15) is 4.31 Å². The van der Waals surface area contributed by atoms with E-state index in [1.807, 2.05) is 13.8 Å². The lowest BCUT2D eigenvalue weighted by molar-refractivity contribution is 0.0904. The molecule has 0 aromatic rings. The van der Waals surface area contributed by atoms with Gasteiger partial charge in [0.1, 0.15) is 0 Å². The quantitative estimate of drug-likeness (QED) is 0.439. The number of likely N-dealkylation sites (tertiary alicyclic amines) is 1. The van der Waals surface area contributed by atoms with E-state index >= 15 is 0 Å². The molecular formula is C19H39N5O3S. The molecule has 0 radical (unpaired) electrons. The highest BCUT2D eigenvalue weighted by Gasteiger charge is 2.28. The molecule has 1 unspecified atom stereocenters. The second-order valence-electron chi connectivity index (χ2n) is 8.01. The number of piperazine rings is 1. The predicted octanol–water partition coefficient (Wildman–Crippen LogP) is 0.666. The fraction of sp³-hybridized carbons (Fsp3) is 0.947. The van der Waals surface area contributed by atoms with Crippen molar-refractivity contribution in [2.75, 3.05) is 71.8 Å². The maximum atomic E-state index is 12.5. The van der Waals surface area contributed by atoms with Crippen LogP contribution >= 0.6 is 0 Å². The van der Waals surface area contributed by atoms with Crippen molar-refractivity contribution in [3.63, 3.8) is 0 Å². The highest BCUT2D eigenvalue weighted by molar-refractivity contribution is 7.89. The third kappa shape index (κ3) is 7.17. The van der Waals surface area contributed by atoms with Gasteiger partial charge in [-0.05, 0) is 45.7 Å². The van der Waals surface area contributed by atoms with Crippen molar-refractivity contribution in [1.29, 1.82) is 0 Å². The molecule has 0 bridgehead atoms. The lowest BCUT2D eigenvalue weighted by Crippen LogP contribution is -2.54. The summed E-state index contributed by atoms with van der Waals surface area (Å²) in [6, 6.07) is 0. The summed E-state index contributed by atoms with van der Waals surface area (Å²) in [7, 11) is -1.46. The molecule has 164 valence electrons. The molecule has 2 fully saturated rings. The van der Waals surface area contributed by atoms with Crippen LogP contribution in [0.5, 0.6) is 0 Å².